The minimum Gasteiger partial charge on any atom is -0.507 e. The number of hydrogen-bond acceptors (Lipinski definition) is 3. The van der Waals surface area contributed by atoms with Crippen molar-refractivity contribution in [1.29, 1.82) is 0 Å². The smallest absolute Gasteiger partial charge is 0.186 e. The van der Waals surface area contributed by atoms with Gasteiger partial charge in [-0.05, 0) is 36.2 Å². The van der Waals surface area contributed by atoms with Crippen molar-refractivity contribution in [2.24, 2.45) is 5.10 Å². The fourth-order valence-corrected chi connectivity index (χ4v) is 1.83. The fraction of sp³-hybridized carbons (Fsp3) is 0.429. The van der Waals surface area contributed by atoms with E-state index >= 15 is 0 Å². The molecule has 0 heterocycles. The number of hydrogen-bond donors (Lipinski definition) is 3. The first kappa shape index (κ1) is 15.4. The number of para-hydroxylation sites is 1. The predicted octanol–water partition coefficient (Wildman–Crippen LogP) is 2.51. The zero-order chi connectivity index (χ0) is 14.5. The minimum absolute atomic E-state index is 0.111. The van der Waals surface area contributed by atoms with Gasteiger partial charge in [0.1, 0.15) is 5.75 Å². The molecule has 0 saturated carbocycles. The third kappa shape index (κ3) is 4.52. The Bertz CT molecular complexity index is 478. The lowest BCUT2D eigenvalue weighted by molar-refractivity contribution is 0.446. The van der Waals surface area contributed by atoms with Crippen molar-refractivity contribution in [3.63, 3.8) is 0 Å². The molecule has 3 N–H and O–H groups in total. The number of aromatic hydroxyl groups is 1. The highest BCUT2D eigenvalue weighted by atomic mass is 32.1. The molecule has 0 aliphatic rings. The summed E-state index contributed by atoms with van der Waals surface area (Å²) in [4.78, 5) is 0. The lowest BCUT2D eigenvalue weighted by Crippen LogP contribution is -2.31. The first-order valence-electron chi connectivity index (χ1n) is 6.25. The second kappa shape index (κ2) is 6.52. The molecule has 0 unspecified atom stereocenters. The van der Waals surface area contributed by atoms with Crippen LogP contribution in [0, 0.1) is 0 Å². The van der Waals surface area contributed by atoms with Gasteiger partial charge in [0.05, 0.1) is 6.21 Å². The Labute approximate surface area is 119 Å². The number of rotatable bonds is 3. The maximum absolute atomic E-state index is 10.2. The highest BCUT2D eigenvalue weighted by Crippen LogP contribution is 2.32. The van der Waals surface area contributed by atoms with Gasteiger partial charge >= 0.3 is 0 Å². The molecule has 0 aliphatic carbocycles. The first-order chi connectivity index (χ1) is 8.86. The molecule has 4 nitrogen and oxygen atoms in total. The molecule has 0 aliphatic heterocycles. The molecule has 0 saturated heterocycles. The van der Waals surface area contributed by atoms with Crippen LogP contribution in [-0.4, -0.2) is 23.0 Å². The van der Waals surface area contributed by atoms with Gasteiger partial charge in [0, 0.05) is 12.1 Å². The average Bonchev–Trinajstić information content (AvgIpc) is 2.30. The van der Waals surface area contributed by atoms with Crippen molar-refractivity contribution in [2.45, 2.75) is 33.1 Å². The van der Waals surface area contributed by atoms with E-state index in [4.69, 9.17) is 12.2 Å². The molecule has 0 bridgehead atoms. The van der Waals surface area contributed by atoms with Gasteiger partial charge in [0.25, 0.3) is 0 Å². The van der Waals surface area contributed by atoms with Gasteiger partial charge < -0.3 is 10.4 Å². The van der Waals surface area contributed by atoms with Crippen LogP contribution in [-0.2, 0) is 5.41 Å². The van der Waals surface area contributed by atoms with Gasteiger partial charge in [0.2, 0.25) is 0 Å². The van der Waals surface area contributed by atoms with Crippen LogP contribution in [0.1, 0.15) is 38.8 Å². The van der Waals surface area contributed by atoms with Crippen LogP contribution >= 0.6 is 12.2 Å². The van der Waals surface area contributed by atoms with E-state index in [-0.39, 0.29) is 11.2 Å². The number of phenolic OH excluding ortho intramolecular Hbond substituents is 1. The summed E-state index contributed by atoms with van der Waals surface area (Å²) in [6.45, 7) is 8.87. The monoisotopic (exact) mass is 279 g/mol. The summed E-state index contributed by atoms with van der Waals surface area (Å²) in [6, 6.07) is 5.64. The molecule has 1 aromatic rings. The Morgan fingerprint density at radius 1 is 1.42 bits per heavy atom. The summed E-state index contributed by atoms with van der Waals surface area (Å²) in [7, 11) is 0. The third-order valence-electron chi connectivity index (χ3n) is 2.58. The van der Waals surface area contributed by atoms with Crippen molar-refractivity contribution >= 4 is 23.5 Å². The standard InChI is InChI=1S/C14H21N3OS/c1-5-15-13(19)17-16-9-10-7-6-8-11(12(10)18)14(2,3)4/h6-9,18H,5H2,1-4H3,(H2,15,17,19)/b16-9+. The van der Waals surface area contributed by atoms with E-state index in [0.29, 0.717) is 10.7 Å². The molecule has 5 heteroatoms. The highest BCUT2D eigenvalue weighted by Gasteiger charge is 2.18. The Kier molecular flexibility index (Phi) is 5.30. The number of nitrogens with zero attached hydrogens (tertiary/aromatic N) is 1. The summed E-state index contributed by atoms with van der Waals surface area (Å²) in [5.74, 6) is 0.259. The second-order valence-corrected chi connectivity index (χ2v) is 5.63. The molecule has 0 atom stereocenters. The number of benzene rings is 1. The van der Waals surface area contributed by atoms with Gasteiger partial charge in [-0.2, -0.15) is 5.10 Å². The van der Waals surface area contributed by atoms with Gasteiger partial charge in [0.15, 0.2) is 5.11 Å². The van der Waals surface area contributed by atoms with E-state index in [1.807, 2.05) is 25.1 Å². The maximum Gasteiger partial charge on any atom is 0.186 e. The molecule has 0 aromatic heterocycles. The summed E-state index contributed by atoms with van der Waals surface area (Å²) < 4.78 is 0. The van der Waals surface area contributed by atoms with E-state index in [2.05, 4.69) is 36.6 Å². The van der Waals surface area contributed by atoms with Gasteiger partial charge in [-0.3, -0.25) is 5.43 Å². The van der Waals surface area contributed by atoms with E-state index in [0.717, 1.165) is 12.1 Å². The molecule has 0 fully saturated rings. The molecular formula is C14H21N3OS. The molecule has 104 valence electrons. The summed E-state index contributed by atoms with van der Waals surface area (Å²) in [6.07, 6.45) is 1.56. The zero-order valence-corrected chi connectivity index (χ0v) is 12.6. The molecule has 0 radical (unpaired) electrons. The maximum atomic E-state index is 10.2. The predicted molar refractivity (Wildman–Crippen MR) is 83.8 cm³/mol. The van der Waals surface area contributed by atoms with Gasteiger partial charge in [-0.15, -0.1) is 0 Å². The quantitative estimate of drug-likeness (QED) is 0.452. The first-order valence-corrected chi connectivity index (χ1v) is 6.66. The lowest BCUT2D eigenvalue weighted by Gasteiger charge is -2.21. The summed E-state index contributed by atoms with van der Waals surface area (Å²) in [5.41, 5.74) is 4.15. The molecule has 1 rings (SSSR count). The van der Waals surface area contributed by atoms with Crippen molar-refractivity contribution in [2.75, 3.05) is 6.54 Å². The van der Waals surface area contributed by atoms with Crippen molar-refractivity contribution < 1.29 is 5.11 Å². The van der Waals surface area contributed by atoms with Crippen LogP contribution in [0.3, 0.4) is 0 Å². The highest BCUT2D eigenvalue weighted by molar-refractivity contribution is 7.80. The van der Waals surface area contributed by atoms with Gasteiger partial charge in [-0.25, -0.2) is 0 Å². The summed E-state index contributed by atoms with van der Waals surface area (Å²) in [5, 5.41) is 17.6. The van der Waals surface area contributed by atoms with E-state index in [1.165, 1.54) is 0 Å². The topological polar surface area (TPSA) is 56.7 Å². The Hall–Kier alpha value is -1.62. The Balaban J connectivity index is 2.85. The SMILES string of the molecule is CCNC(=S)N/N=C/c1cccc(C(C)(C)C)c1O. The Morgan fingerprint density at radius 2 is 2.11 bits per heavy atom. The van der Waals surface area contributed by atoms with Crippen LogP contribution in [0.5, 0.6) is 5.75 Å². The van der Waals surface area contributed by atoms with Crippen molar-refractivity contribution in [3.8, 4) is 5.75 Å². The van der Waals surface area contributed by atoms with Crippen LogP contribution < -0.4 is 10.7 Å². The van der Waals surface area contributed by atoms with E-state index in [1.54, 1.807) is 6.21 Å². The Morgan fingerprint density at radius 3 is 2.68 bits per heavy atom. The van der Waals surface area contributed by atoms with E-state index in [9.17, 15) is 5.11 Å². The number of hydrazone groups is 1. The molecule has 19 heavy (non-hydrogen) atoms. The van der Waals surface area contributed by atoms with Gasteiger partial charge in [-0.1, -0.05) is 32.9 Å². The fourth-order valence-electron chi connectivity index (χ4n) is 1.63. The minimum atomic E-state index is -0.111. The number of nitrogens with one attached hydrogen (secondary N) is 2. The number of thiocarbonyl (C=S) groups is 1. The largest absolute Gasteiger partial charge is 0.507 e. The summed E-state index contributed by atoms with van der Waals surface area (Å²) >= 11 is 4.99. The van der Waals surface area contributed by atoms with Crippen LogP contribution in [0.4, 0.5) is 0 Å². The van der Waals surface area contributed by atoms with Crippen molar-refractivity contribution in [3.05, 3.63) is 29.3 Å². The van der Waals surface area contributed by atoms with Crippen LogP contribution in [0.15, 0.2) is 23.3 Å². The molecule has 0 spiro atoms. The second-order valence-electron chi connectivity index (χ2n) is 5.22. The lowest BCUT2D eigenvalue weighted by atomic mass is 9.85. The average molecular weight is 279 g/mol. The molecular weight excluding hydrogens is 258 g/mol. The van der Waals surface area contributed by atoms with Crippen LogP contribution in [0.25, 0.3) is 0 Å². The zero-order valence-electron chi connectivity index (χ0n) is 11.8. The number of phenols is 1. The van der Waals surface area contributed by atoms with Crippen LogP contribution in [0.2, 0.25) is 0 Å². The van der Waals surface area contributed by atoms with E-state index < -0.39 is 0 Å². The molecule has 1 aromatic carbocycles. The third-order valence-corrected chi connectivity index (χ3v) is 2.82. The normalized spacial score (nSPS) is 11.6. The van der Waals surface area contributed by atoms with Crippen molar-refractivity contribution in [1.82, 2.24) is 10.7 Å². The molecule has 0 amide bonds.